The van der Waals surface area contributed by atoms with Crippen molar-refractivity contribution in [2.75, 3.05) is 12.4 Å². The Kier molecular flexibility index (Phi) is 5.28. The van der Waals surface area contributed by atoms with Crippen LogP contribution in [0.5, 0.6) is 0 Å². The zero-order valence-corrected chi connectivity index (χ0v) is 14.5. The SMILES string of the molecule is Cc1nc(SCC(CO)(NC(C)C)C2CC2)nc(C)c1C. The molecule has 0 bridgehead atoms. The molecule has 0 aromatic carbocycles. The number of aliphatic hydroxyl groups is 1. The van der Waals surface area contributed by atoms with Crippen molar-refractivity contribution in [3.05, 3.63) is 17.0 Å². The molecule has 1 fully saturated rings. The monoisotopic (exact) mass is 309 g/mol. The maximum Gasteiger partial charge on any atom is 0.188 e. The van der Waals surface area contributed by atoms with E-state index in [1.165, 1.54) is 12.8 Å². The molecular weight excluding hydrogens is 282 g/mol. The fourth-order valence-corrected chi connectivity index (χ4v) is 3.91. The Hall–Kier alpha value is -0.650. The van der Waals surface area contributed by atoms with Gasteiger partial charge in [-0.25, -0.2) is 9.97 Å². The van der Waals surface area contributed by atoms with Crippen LogP contribution in [-0.4, -0.2) is 39.0 Å². The Morgan fingerprint density at radius 1 is 1.24 bits per heavy atom. The molecule has 1 heterocycles. The first-order valence-corrected chi connectivity index (χ1v) is 8.69. The number of thioether (sulfide) groups is 1. The third kappa shape index (κ3) is 3.96. The molecule has 5 heteroatoms. The van der Waals surface area contributed by atoms with Crippen LogP contribution in [0, 0.1) is 26.7 Å². The van der Waals surface area contributed by atoms with Crippen molar-refractivity contribution >= 4 is 11.8 Å². The highest BCUT2D eigenvalue weighted by Gasteiger charge is 2.45. The molecule has 0 aliphatic heterocycles. The maximum absolute atomic E-state index is 9.95. The molecule has 1 unspecified atom stereocenters. The van der Waals surface area contributed by atoms with Gasteiger partial charge in [0, 0.05) is 23.2 Å². The van der Waals surface area contributed by atoms with Crippen molar-refractivity contribution in [1.82, 2.24) is 15.3 Å². The van der Waals surface area contributed by atoms with Crippen LogP contribution in [0.1, 0.15) is 43.6 Å². The van der Waals surface area contributed by atoms with E-state index in [0.717, 1.165) is 27.9 Å². The van der Waals surface area contributed by atoms with Crippen molar-refractivity contribution in [3.8, 4) is 0 Å². The van der Waals surface area contributed by atoms with Gasteiger partial charge >= 0.3 is 0 Å². The Morgan fingerprint density at radius 3 is 2.24 bits per heavy atom. The molecule has 2 rings (SSSR count). The van der Waals surface area contributed by atoms with Gasteiger partial charge < -0.3 is 10.4 Å². The lowest BCUT2D eigenvalue weighted by atomic mass is 9.95. The lowest BCUT2D eigenvalue weighted by Crippen LogP contribution is -2.55. The first-order chi connectivity index (χ1) is 9.88. The number of aromatic nitrogens is 2. The van der Waals surface area contributed by atoms with Gasteiger partial charge in [0.25, 0.3) is 0 Å². The van der Waals surface area contributed by atoms with Gasteiger partial charge in [0.1, 0.15) is 0 Å². The van der Waals surface area contributed by atoms with Crippen molar-refractivity contribution in [2.45, 2.75) is 64.2 Å². The molecule has 1 atom stereocenters. The van der Waals surface area contributed by atoms with Crippen LogP contribution >= 0.6 is 11.8 Å². The van der Waals surface area contributed by atoms with Gasteiger partial charge in [-0.1, -0.05) is 25.6 Å². The van der Waals surface area contributed by atoms with Crippen molar-refractivity contribution < 1.29 is 5.11 Å². The number of aryl methyl sites for hydroxylation is 2. The minimum atomic E-state index is -0.200. The summed E-state index contributed by atoms with van der Waals surface area (Å²) in [5, 5.41) is 14.4. The Balaban J connectivity index is 2.11. The average Bonchev–Trinajstić information content (AvgIpc) is 3.25. The van der Waals surface area contributed by atoms with E-state index in [0.29, 0.717) is 12.0 Å². The highest BCUT2D eigenvalue weighted by Crippen LogP contribution is 2.42. The second kappa shape index (κ2) is 6.63. The zero-order valence-electron chi connectivity index (χ0n) is 13.7. The minimum absolute atomic E-state index is 0.173. The van der Waals surface area contributed by atoms with Gasteiger partial charge in [0.15, 0.2) is 5.16 Å². The van der Waals surface area contributed by atoms with Crippen molar-refractivity contribution in [3.63, 3.8) is 0 Å². The third-order valence-electron chi connectivity index (χ3n) is 4.29. The first kappa shape index (κ1) is 16.7. The fraction of sp³-hybridized carbons (Fsp3) is 0.750. The third-order valence-corrected chi connectivity index (χ3v) is 5.39. The summed E-state index contributed by atoms with van der Waals surface area (Å²) < 4.78 is 0. The molecule has 2 N–H and O–H groups in total. The van der Waals surface area contributed by atoms with Crippen LogP contribution in [0.4, 0.5) is 0 Å². The van der Waals surface area contributed by atoms with Crippen LogP contribution in [0.15, 0.2) is 5.16 Å². The number of aliphatic hydroxyl groups excluding tert-OH is 1. The van der Waals surface area contributed by atoms with E-state index in [1.807, 2.05) is 13.8 Å². The standard InChI is InChI=1S/C16H27N3OS/c1-10(2)19-16(8-20,14-6-7-14)9-21-15-17-12(4)11(3)13(5)18-15/h10,14,19-20H,6-9H2,1-5H3. The first-order valence-electron chi connectivity index (χ1n) is 7.71. The van der Waals surface area contributed by atoms with E-state index in [1.54, 1.807) is 11.8 Å². The molecule has 1 aromatic heterocycles. The number of rotatable bonds is 7. The maximum atomic E-state index is 9.95. The lowest BCUT2D eigenvalue weighted by Gasteiger charge is -2.35. The molecule has 0 spiro atoms. The fourth-order valence-electron chi connectivity index (χ4n) is 2.71. The van der Waals surface area contributed by atoms with Gasteiger partial charge in [-0.2, -0.15) is 0 Å². The predicted octanol–water partition coefficient (Wildman–Crippen LogP) is 2.63. The van der Waals surface area contributed by atoms with Gasteiger partial charge in [-0.05, 0) is 45.1 Å². The zero-order chi connectivity index (χ0) is 15.6. The number of hydrogen-bond acceptors (Lipinski definition) is 5. The summed E-state index contributed by atoms with van der Waals surface area (Å²) in [5.74, 6) is 1.39. The molecule has 1 aliphatic rings. The molecule has 118 valence electrons. The molecule has 1 aliphatic carbocycles. The van der Waals surface area contributed by atoms with Gasteiger partial charge in [0.05, 0.1) is 12.1 Å². The molecule has 0 saturated heterocycles. The number of nitrogens with zero attached hydrogens (tertiary/aromatic N) is 2. The molecule has 1 saturated carbocycles. The van der Waals surface area contributed by atoms with Crippen LogP contribution in [0.2, 0.25) is 0 Å². The predicted molar refractivity (Wildman–Crippen MR) is 87.8 cm³/mol. The van der Waals surface area contributed by atoms with E-state index >= 15 is 0 Å². The highest BCUT2D eigenvalue weighted by molar-refractivity contribution is 7.99. The summed E-state index contributed by atoms with van der Waals surface area (Å²) >= 11 is 1.65. The van der Waals surface area contributed by atoms with Crippen LogP contribution < -0.4 is 5.32 Å². The molecule has 21 heavy (non-hydrogen) atoms. The summed E-state index contributed by atoms with van der Waals surface area (Å²) in [6, 6.07) is 0.362. The number of nitrogens with one attached hydrogen (secondary N) is 1. The largest absolute Gasteiger partial charge is 0.394 e. The summed E-state index contributed by atoms with van der Waals surface area (Å²) in [6.07, 6.45) is 2.40. The highest BCUT2D eigenvalue weighted by atomic mass is 32.2. The van der Waals surface area contributed by atoms with E-state index in [-0.39, 0.29) is 12.1 Å². The normalized spacial score (nSPS) is 18.0. The molecule has 4 nitrogen and oxygen atoms in total. The van der Waals surface area contributed by atoms with Crippen LogP contribution in [0.25, 0.3) is 0 Å². The number of hydrogen-bond donors (Lipinski definition) is 2. The Morgan fingerprint density at radius 2 is 1.81 bits per heavy atom. The second-order valence-corrected chi connectivity index (χ2v) is 7.42. The van der Waals surface area contributed by atoms with E-state index in [2.05, 4.69) is 36.1 Å². The molecule has 0 radical (unpaired) electrons. The second-order valence-electron chi connectivity index (χ2n) is 6.48. The molecule has 1 aromatic rings. The molecule has 0 amide bonds. The quantitative estimate of drug-likeness (QED) is 0.599. The Bertz CT molecular complexity index is 479. The topological polar surface area (TPSA) is 58.0 Å². The molecular formula is C16H27N3OS. The Labute approximate surface area is 132 Å². The van der Waals surface area contributed by atoms with Crippen molar-refractivity contribution in [1.29, 1.82) is 0 Å². The average molecular weight is 309 g/mol. The summed E-state index contributed by atoms with van der Waals surface area (Å²) in [7, 11) is 0. The van der Waals surface area contributed by atoms with Gasteiger partial charge in [-0.15, -0.1) is 0 Å². The van der Waals surface area contributed by atoms with Crippen LogP contribution in [-0.2, 0) is 0 Å². The van der Waals surface area contributed by atoms with Crippen LogP contribution in [0.3, 0.4) is 0 Å². The van der Waals surface area contributed by atoms with E-state index < -0.39 is 0 Å². The summed E-state index contributed by atoms with van der Waals surface area (Å²) in [6.45, 7) is 10.6. The lowest BCUT2D eigenvalue weighted by molar-refractivity contribution is 0.150. The van der Waals surface area contributed by atoms with E-state index in [9.17, 15) is 5.11 Å². The van der Waals surface area contributed by atoms with E-state index in [4.69, 9.17) is 0 Å². The van der Waals surface area contributed by atoms with Gasteiger partial charge in [-0.3, -0.25) is 0 Å². The summed E-state index contributed by atoms with van der Waals surface area (Å²) in [4.78, 5) is 9.14. The van der Waals surface area contributed by atoms with Gasteiger partial charge in [0.2, 0.25) is 0 Å². The smallest absolute Gasteiger partial charge is 0.188 e. The van der Waals surface area contributed by atoms with Crippen molar-refractivity contribution in [2.24, 2.45) is 5.92 Å². The summed E-state index contributed by atoms with van der Waals surface area (Å²) in [5.41, 5.74) is 3.05. The minimum Gasteiger partial charge on any atom is -0.394 e.